The number of amides is 1. The molecule has 1 aliphatic rings. The molecule has 2 atom stereocenters. The minimum atomic E-state index is -0.478. The number of aliphatic hydroxyl groups is 1. The molecular formula is C21H23ClFN5O2P2. The van der Waals surface area contributed by atoms with E-state index < -0.39 is 5.82 Å². The zero-order chi connectivity index (χ0) is 23.1. The highest BCUT2D eigenvalue weighted by molar-refractivity contribution is 7.92. The standard InChI is InChI=1S/C21H19ClFN5O2.H4P2/c22-20-14(2-1-5-24-20)12-18(30)28-8-4-13-10-15(11-16(23)19(13)28)17-3-6-25-21(27-17)26-7-9-29;1-2/h1-3,5-6,10-11,29H,4,7-9,12H2,(H,25,26,27);1-2H2. The Kier molecular flexibility index (Phi) is 8.83. The number of hydrogen-bond donors (Lipinski definition) is 2. The van der Waals surface area contributed by atoms with Crippen molar-refractivity contribution in [1.29, 1.82) is 0 Å². The van der Waals surface area contributed by atoms with Crippen LogP contribution in [0.4, 0.5) is 16.0 Å². The van der Waals surface area contributed by atoms with E-state index in [1.54, 1.807) is 30.6 Å². The highest BCUT2D eigenvalue weighted by atomic mass is 35.5. The van der Waals surface area contributed by atoms with Crippen LogP contribution in [-0.4, -0.2) is 45.7 Å². The molecule has 1 aromatic carbocycles. The lowest BCUT2D eigenvalue weighted by molar-refractivity contribution is -0.117. The minimum absolute atomic E-state index is 0.0464. The Morgan fingerprint density at radius 2 is 2.06 bits per heavy atom. The third-order valence-electron chi connectivity index (χ3n) is 4.84. The maximum Gasteiger partial charge on any atom is 0.231 e. The number of halogens is 2. The summed E-state index contributed by atoms with van der Waals surface area (Å²) in [5.41, 5.74) is 2.82. The second-order valence-electron chi connectivity index (χ2n) is 6.81. The number of nitrogens with zero attached hydrogens (tertiary/aromatic N) is 4. The van der Waals surface area contributed by atoms with Gasteiger partial charge in [-0.2, -0.15) is 0 Å². The lowest BCUT2D eigenvalue weighted by atomic mass is 10.0. The van der Waals surface area contributed by atoms with Gasteiger partial charge in [0.2, 0.25) is 11.9 Å². The van der Waals surface area contributed by atoms with Crippen molar-refractivity contribution in [3.63, 3.8) is 0 Å². The summed E-state index contributed by atoms with van der Waals surface area (Å²) in [6.45, 7) is 0.675. The monoisotopic (exact) mass is 493 g/mol. The zero-order valence-corrected chi connectivity index (χ0v) is 20.2. The van der Waals surface area contributed by atoms with Crippen LogP contribution in [0.15, 0.2) is 42.7 Å². The number of nitrogens with one attached hydrogen (secondary N) is 1. The van der Waals surface area contributed by atoms with Crippen molar-refractivity contribution in [2.45, 2.75) is 12.8 Å². The molecule has 2 unspecified atom stereocenters. The molecule has 0 fully saturated rings. The molecule has 0 saturated carbocycles. The van der Waals surface area contributed by atoms with Crippen LogP contribution >= 0.6 is 29.5 Å². The number of benzene rings is 1. The topological polar surface area (TPSA) is 91.2 Å². The van der Waals surface area contributed by atoms with Crippen LogP contribution in [0.25, 0.3) is 11.3 Å². The number of pyridine rings is 1. The van der Waals surface area contributed by atoms with E-state index in [4.69, 9.17) is 16.7 Å². The van der Waals surface area contributed by atoms with Gasteiger partial charge in [0, 0.05) is 31.0 Å². The first-order valence-electron chi connectivity index (χ1n) is 9.80. The van der Waals surface area contributed by atoms with Gasteiger partial charge < -0.3 is 15.3 Å². The SMILES string of the molecule is O=C(Cc1cccnc1Cl)N1CCc2cc(-c3ccnc(NCCO)n3)cc(F)c21.PP. The van der Waals surface area contributed by atoms with Gasteiger partial charge in [-0.25, -0.2) is 19.3 Å². The lowest BCUT2D eigenvalue weighted by Crippen LogP contribution is -2.31. The fourth-order valence-electron chi connectivity index (χ4n) is 3.47. The van der Waals surface area contributed by atoms with Crippen LogP contribution in [0.3, 0.4) is 0 Å². The van der Waals surface area contributed by atoms with E-state index >= 15 is 4.39 Å². The predicted octanol–water partition coefficient (Wildman–Crippen LogP) is 3.52. The van der Waals surface area contributed by atoms with Crippen LogP contribution < -0.4 is 10.2 Å². The van der Waals surface area contributed by atoms with Gasteiger partial charge in [0.25, 0.3) is 0 Å². The molecular weight excluding hydrogens is 471 g/mol. The lowest BCUT2D eigenvalue weighted by Gasteiger charge is -2.18. The molecule has 1 amide bonds. The summed E-state index contributed by atoms with van der Waals surface area (Å²) in [6, 6.07) is 8.36. The van der Waals surface area contributed by atoms with E-state index in [-0.39, 0.29) is 24.1 Å². The first kappa shape index (κ1) is 24.4. The van der Waals surface area contributed by atoms with Gasteiger partial charge in [-0.1, -0.05) is 17.7 Å². The smallest absolute Gasteiger partial charge is 0.231 e. The average Bonchev–Trinajstić information content (AvgIpc) is 3.26. The van der Waals surface area contributed by atoms with Crippen molar-refractivity contribution < 1.29 is 14.3 Å². The first-order chi connectivity index (χ1) is 15.6. The second kappa shape index (κ2) is 11.6. The summed E-state index contributed by atoms with van der Waals surface area (Å²) in [6.07, 6.45) is 3.73. The number of hydrogen-bond acceptors (Lipinski definition) is 6. The maximum absolute atomic E-state index is 15.0. The fourth-order valence-corrected chi connectivity index (χ4v) is 3.66. The van der Waals surface area contributed by atoms with Crippen LogP contribution in [0.2, 0.25) is 5.15 Å². The minimum Gasteiger partial charge on any atom is -0.395 e. The molecule has 0 bridgehead atoms. The Balaban J connectivity index is 0.00000141. The van der Waals surface area contributed by atoms with Gasteiger partial charge >= 0.3 is 0 Å². The molecule has 2 aromatic heterocycles. The van der Waals surface area contributed by atoms with Gasteiger partial charge in [-0.15, -0.1) is 17.9 Å². The summed E-state index contributed by atoms with van der Waals surface area (Å²) in [4.78, 5) is 26.7. The molecule has 0 saturated heterocycles. The van der Waals surface area contributed by atoms with Crippen LogP contribution in [0.1, 0.15) is 11.1 Å². The number of carbonyl (C=O) groups excluding carboxylic acids is 1. The van der Waals surface area contributed by atoms with Crippen LogP contribution in [-0.2, 0) is 17.6 Å². The van der Waals surface area contributed by atoms with Crippen LogP contribution in [0, 0.1) is 5.82 Å². The highest BCUT2D eigenvalue weighted by Crippen LogP contribution is 2.35. The van der Waals surface area contributed by atoms with Crippen molar-refractivity contribution in [3.05, 3.63) is 64.8 Å². The molecule has 7 nitrogen and oxygen atoms in total. The molecule has 11 heteroatoms. The van der Waals surface area contributed by atoms with E-state index in [1.807, 2.05) is 6.07 Å². The van der Waals surface area contributed by atoms with Crippen molar-refractivity contribution in [3.8, 4) is 11.3 Å². The van der Waals surface area contributed by atoms with E-state index in [0.29, 0.717) is 48.0 Å². The molecule has 2 N–H and O–H groups in total. The summed E-state index contributed by atoms with van der Waals surface area (Å²) in [5, 5.41) is 12.1. The van der Waals surface area contributed by atoms with E-state index in [1.165, 1.54) is 11.0 Å². The quantitative estimate of drug-likeness (QED) is 0.403. The fraction of sp³-hybridized carbons (Fsp3) is 0.238. The number of fused-ring (bicyclic) bond motifs is 1. The number of aromatic nitrogens is 3. The Hall–Kier alpha value is -2.24. The van der Waals surface area contributed by atoms with Gasteiger partial charge in [0.15, 0.2) is 0 Å². The average molecular weight is 494 g/mol. The number of anilines is 2. The Labute approximate surface area is 195 Å². The molecule has 168 valence electrons. The predicted molar refractivity (Wildman–Crippen MR) is 131 cm³/mol. The maximum atomic E-state index is 15.0. The van der Waals surface area contributed by atoms with Gasteiger partial charge in [-0.05, 0) is 41.8 Å². The van der Waals surface area contributed by atoms with Gasteiger partial charge in [0.1, 0.15) is 11.0 Å². The number of carbonyl (C=O) groups is 1. The summed E-state index contributed by atoms with van der Waals surface area (Å²) in [5.74, 6) is -0.352. The van der Waals surface area contributed by atoms with E-state index in [0.717, 1.165) is 5.56 Å². The molecule has 32 heavy (non-hydrogen) atoms. The van der Waals surface area contributed by atoms with E-state index in [9.17, 15) is 4.79 Å². The molecule has 3 heterocycles. The summed E-state index contributed by atoms with van der Waals surface area (Å²) in [7, 11) is 4.67. The summed E-state index contributed by atoms with van der Waals surface area (Å²) >= 11 is 6.05. The second-order valence-corrected chi connectivity index (χ2v) is 7.17. The normalized spacial score (nSPS) is 12.1. The third-order valence-corrected chi connectivity index (χ3v) is 5.18. The highest BCUT2D eigenvalue weighted by Gasteiger charge is 2.29. The number of rotatable bonds is 6. The molecule has 0 spiro atoms. The van der Waals surface area contributed by atoms with Crippen molar-refractivity contribution in [2.24, 2.45) is 0 Å². The van der Waals surface area contributed by atoms with Crippen LogP contribution in [0.5, 0.6) is 0 Å². The first-order valence-corrected chi connectivity index (χ1v) is 12.8. The molecule has 1 aliphatic heterocycles. The summed E-state index contributed by atoms with van der Waals surface area (Å²) < 4.78 is 15.0. The molecule has 4 rings (SSSR count). The van der Waals surface area contributed by atoms with Gasteiger partial charge in [0.05, 0.1) is 24.4 Å². The van der Waals surface area contributed by atoms with Gasteiger partial charge in [-0.3, -0.25) is 4.79 Å². The molecule has 0 radical (unpaired) electrons. The molecule has 0 aliphatic carbocycles. The third kappa shape index (κ3) is 5.57. The Bertz CT molecular complexity index is 1110. The number of aliphatic hydroxyl groups excluding tert-OH is 1. The van der Waals surface area contributed by atoms with E-state index in [2.05, 4.69) is 38.1 Å². The largest absolute Gasteiger partial charge is 0.395 e. The zero-order valence-electron chi connectivity index (χ0n) is 17.1. The Morgan fingerprint density at radius 3 is 2.81 bits per heavy atom. The Morgan fingerprint density at radius 1 is 1.25 bits per heavy atom. The van der Waals surface area contributed by atoms with Crippen molar-refractivity contribution in [2.75, 3.05) is 29.9 Å². The van der Waals surface area contributed by atoms with Crippen molar-refractivity contribution in [1.82, 2.24) is 15.0 Å². The molecule has 3 aromatic rings. The van der Waals surface area contributed by atoms with Crippen molar-refractivity contribution >= 4 is 47.0 Å².